The molecule has 3 N–H and O–H groups in total. The maximum Gasteiger partial charge on any atom is 0.234 e. The van der Waals surface area contributed by atoms with E-state index >= 15 is 0 Å². The number of aromatic nitrogens is 3. The van der Waals surface area contributed by atoms with Crippen LogP contribution < -0.4 is 11.2 Å². The minimum atomic E-state index is -0.841. The van der Waals surface area contributed by atoms with Gasteiger partial charge in [0.1, 0.15) is 11.6 Å². The Bertz CT molecular complexity index is 901. The lowest BCUT2D eigenvalue weighted by molar-refractivity contribution is -0.113. The van der Waals surface area contributed by atoms with Crippen molar-refractivity contribution in [2.24, 2.45) is 0 Å². The lowest BCUT2D eigenvalue weighted by Gasteiger charge is -2.06. The first-order valence-corrected chi connectivity index (χ1v) is 8.17. The van der Waals surface area contributed by atoms with Crippen LogP contribution in [0.15, 0.2) is 53.7 Å². The van der Waals surface area contributed by atoms with Crippen LogP contribution in [0.4, 0.5) is 14.5 Å². The highest BCUT2D eigenvalue weighted by atomic mass is 32.2. The molecule has 0 aliphatic carbocycles. The van der Waals surface area contributed by atoms with Crippen LogP contribution in [0.2, 0.25) is 0 Å². The minimum Gasteiger partial charge on any atom is -0.335 e. The number of nitrogens with one attached hydrogen (secondary N) is 1. The molecule has 1 heterocycles. The molecule has 6 nitrogen and oxygen atoms in total. The van der Waals surface area contributed by atoms with Crippen LogP contribution in [-0.4, -0.2) is 26.5 Å². The van der Waals surface area contributed by atoms with Crippen LogP contribution in [0.5, 0.6) is 0 Å². The van der Waals surface area contributed by atoms with Crippen molar-refractivity contribution in [1.82, 2.24) is 14.9 Å². The van der Waals surface area contributed by atoms with E-state index in [4.69, 9.17) is 5.84 Å². The standard InChI is InChI=1S/C16H13F2N5OS/c17-11-6-7-13(12(18)8-11)20-14(24)9-25-16-22-21-15(23(16)19)10-4-2-1-3-5-10/h1-8H,9,19H2,(H,20,24). The van der Waals surface area contributed by atoms with Gasteiger partial charge in [-0.25, -0.2) is 13.5 Å². The van der Waals surface area contributed by atoms with Gasteiger partial charge in [0.15, 0.2) is 5.82 Å². The predicted octanol–water partition coefficient (Wildman–Crippen LogP) is 2.67. The summed E-state index contributed by atoms with van der Waals surface area (Å²) in [6.07, 6.45) is 0. The largest absolute Gasteiger partial charge is 0.335 e. The Hall–Kier alpha value is -2.94. The van der Waals surface area contributed by atoms with Gasteiger partial charge in [-0.3, -0.25) is 4.79 Å². The Morgan fingerprint density at radius 2 is 1.92 bits per heavy atom. The van der Waals surface area contributed by atoms with Gasteiger partial charge in [-0.1, -0.05) is 42.1 Å². The molecule has 0 saturated carbocycles. The van der Waals surface area contributed by atoms with E-state index < -0.39 is 17.5 Å². The Labute approximate surface area is 146 Å². The first kappa shape index (κ1) is 16.9. The molecule has 2 aromatic carbocycles. The van der Waals surface area contributed by atoms with E-state index in [0.717, 1.165) is 29.5 Å². The van der Waals surface area contributed by atoms with Gasteiger partial charge in [-0.2, -0.15) is 0 Å². The summed E-state index contributed by atoms with van der Waals surface area (Å²) in [5.74, 6) is 4.34. The number of amides is 1. The van der Waals surface area contributed by atoms with Gasteiger partial charge in [0.2, 0.25) is 11.1 Å². The number of nitrogens with two attached hydrogens (primary N) is 1. The zero-order valence-corrected chi connectivity index (χ0v) is 13.6. The zero-order chi connectivity index (χ0) is 17.8. The molecule has 3 aromatic rings. The van der Waals surface area contributed by atoms with Crippen molar-refractivity contribution >= 4 is 23.4 Å². The monoisotopic (exact) mass is 361 g/mol. The van der Waals surface area contributed by atoms with Gasteiger partial charge in [-0.05, 0) is 12.1 Å². The summed E-state index contributed by atoms with van der Waals surface area (Å²) in [5, 5.41) is 10.7. The first-order chi connectivity index (χ1) is 12.0. The fourth-order valence-corrected chi connectivity index (χ4v) is 2.72. The van der Waals surface area contributed by atoms with Crippen molar-refractivity contribution in [2.75, 3.05) is 16.9 Å². The minimum absolute atomic E-state index is 0.0546. The summed E-state index contributed by atoms with van der Waals surface area (Å²) in [6, 6.07) is 12.2. The quantitative estimate of drug-likeness (QED) is 0.539. The van der Waals surface area contributed by atoms with Crippen molar-refractivity contribution in [2.45, 2.75) is 5.16 Å². The Morgan fingerprint density at radius 1 is 1.16 bits per heavy atom. The highest BCUT2D eigenvalue weighted by molar-refractivity contribution is 7.99. The maximum absolute atomic E-state index is 13.5. The third-order valence-electron chi connectivity index (χ3n) is 3.23. The summed E-state index contributed by atoms with van der Waals surface area (Å²) in [7, 11) is 0. The lowest BCUT2D eigenvalue weighted by atomic mass is 10.2. The topological polar surface area (TPSA) is 85.8 Å². The Balaban J connectivity index is 1.64. The predicted molar refractivity (Wildman–Crippen MR) is 91.3 cm³/mol. The zero-order valence-electron chi connectivity index (χ0n) is 12.8. The van der Waals surface area contributed by atoms with Crippen LogP contribution >= 0.6 is 11.8 Å². The molecule has 3 rings (SSSR count). The molecule has 0 spiro atoms. The number of hydrogen-bond donors (Lipinski definition) is 2. The molecule has 0 fully saturated rings. The summed E-state index contributed by atoms with van der Waals surface area (Å²) >= 11 is 1.05. The summed E-state index contributed by atoms with van der Waals surface area (Å²) < 4.78 is 27.7. The fourth-order valence-electron chi connectivity index (χ4n) is 2.07. The molecule has 9 heteroatoms. The second kappa shape index (κ2) is 7.31. The van der Waals surface area contributed by atoms with Crippen molar-refractivity contribution in [1.29, 1.82) is 0 Å². The fraction of sp³-hybridized carbons (Fsp3) is 0.0625. The second-order valence-corrected chi connectivity index (χ2v) is 5.95. The molecule has 128 valence electrons. The summed E-state index contributed by atoms with van der Waals surface area (Å²) in [6.45, 7) is 0. The molecular weight excluding hydrogens is 348 g/mol. The number of carbonyl (C=O) groups is 1. The second-order valence-electron chi connectivity index (χ2n) is 5.00. The van der Waals surface area contributed by atoms with Gasteiger partial charge in [0.05, 0.1) is 11.4 Å². The summed E-state index contributed by atoms with van der Waals surface area (Å²) in [4.78, 5) is 11.9. The average Bonchev–Trinajstić information content (AvgIpc) is 2.97. The number of halogens is 2. The average molecular weight is 361 g/mol. The smallest absolute Gasteiger partial charge is 0.234 e. The summed E-state index contributed by atoms with van der Waals surface area (Å²) in [5.41, 5.74) is 0.702. The van der Waals surface area contributed by atoms with E-state index in [-0.39, 0.29) is 11.4 Å². The lowest BCUT2D eigenvalue weighted by Crippen LogP contribution is -2.17. The highest BCUT2D eigenvalue weighted by Gasteiger charge is 2.14. The van der Waals surface area contributed by atoms with Crippen molar-refractivity contribution in [3.05, 3.63) is 60.2 Å². The third kappa shape index (κ3) is 3.94. The van der Waals surface area contributed by atoms with Crippen molar-refractivity contribution < 1.29 is 13.6 Å². The third-order valence-corrected chi connectivity index (χ3v) is 4.18. The number of nitrogen functional groups attached to an aromatic ring is 1. The molecule has 0 atom stereocenters. The molecule has 25 heavy (non-hydrogen) atoms. The number of anilines is 1. The van der Waals surface area contributed by atoms with Crippen LogP contribution in [0.1, 0.15) is 0 Å². The van der Waals surface area contributed by atoms with E-state index in [0.29, 0.717) is 17.0 Å². The first-order valence-electron chi connectivity index (χ1n) is 7.18. The van der Waals surface area contributed by atoms with Crippen LogP contribution in [0.3, 0.4) is 0 Å². The van der Waals surface area contributed by atoms with Gasteiger partial charge in [0.25, 0.3) is 0 Å². The SMILES string of the molecule is Nn1c(SCC(=O)Nc2ccc(F)cc2F)nnc1-c1ccccc1. The van der Waals surface area contributed by atoms with E-state index in [1.807, 2.05) is 30.3 Å². The number of thioether (sulfide) groups is 1. The molecule has 1 amide bonds. The molecule has 1 aromatic heterocycles. The molecule has 0 saturated heterocycles. The van der Waals surface area contributed by atoms with Gasteiger partial charge < -0.3 is 11.2 Å². The van der Waals surface area contributed by atoms with E-state index in [1.165, 1.54) is 4.68 Å². The molecule has 0 unspecified atom stereocenters. The number of benzene rings is 2. The molecule has 0 aliphatic heterocycles. The van der Waals surface area contributed by atoms with Crippen LogP contribution in [-0.2, 0) is 4.79 Å². The molecular formula is C16H13F2N5OS. The maximum atomic E-state index is 13.5. The molecule has 0 radical (unpaired) electrons. The highest BCUT2D eigenvalue weighted by Crippen LogP contribution is 2.22. The number of hydrogen-bond acceptors (Lipinski definition) is 5. The van der Waals surface area contributed by atoms with E-state index in [1.54, 1.807) is 0 Å². The van der Waals surface area contributed by atoms with Crippen molar-refractivity contribution in [3.8, 4) is 11.4 Å². The number of carbonyl (C=O) groups excluding carboxylic acids is 1. The molecule has 0 bridgehead atoms. The Morgan fingerprint density at radius 3 is 2.64 bits per heavy atom. The Kier molecular flexibility index (Phi) is 4.94. The molecule has 0 aliphatic rings. The van der Waals surface area contributed by atoms with E-state index in [9.17, 15) is 13.6 Å². The van der Waals surface area contributed by atoms with Gasteiger partial charge in [0, 0.05) is 11.6 Å². The van der Waals surface area contributed by atoms with Gasteiger partial charge in [-0.15, -0.1) is 10.2 Å². The van der Waals surface area contributed by atoms with E-state index in [2.05, 4.69) is 15.5 Å². The van der Waals surface area contributed by atoms with Gasteiger partial charge >= 0.3 is 0 Å². The number of rotatable bonds is 5. The van der Waals surface area contributed by atoms with Crippen LogP contribution in [0, 0.1) is 11.6 Å². The normalized spacial score (nSPS) is 10.6. The van der Waals surface area contributed by atoms with Crippen LogP contribution in [0.25, 0.3) is 11.4 Å². The van der Waals surface area contributed by atoms with Crippen molar-refractivity contribution in [3.63, 3.8) is 0 Å². The number of nitrogens with zero attached hydrogens (tertiary/aromatic N) is 3.